The molecule has 0 aromatic heterocycles. The fourth-order valence-electron chi connectivity index (χ4n) is 2.81. The lowest BCUT2D eigenvalue weighted by atomic mass is 9.85. The minimum Gasteiger partial charge on any atom is -0.348 e. The Hall–Kier alpha value is -1.62. The maximum Gasteiger partial charge on any atom is 0.460 e. The molecule has 2 nitrogen and oxygen atoms in total. The van der Waals surface area contributed by atoms with Gasteiger partial charge in [0.1, 0.15) is 0 Å². The Morgan fingerprint density at radius 3 is 1.10 bits per heavy atom. The van der Waals surface area contributed by atoms with Crippen molar-refractivity contribution in [2.24, 2.45) is 0 Å². The molecule has 1 aliphatic rings. The van der Waals surface area contributed by atoms with E-state index in [1.54, 1.807) is 0 Å². The van der Waals surface area contributed by atoms with Crippen LogP contribution in [0.2, 0.25) is 0 Å². The van der Waals surface area contributed by atoms with E-state index >= 15 is 0 Å². The van der Waals surface area contributed by atoms with Crippen LogP contribution in [0.25, 0.3) is 0 Å². The van der Waals surface area contributed by atoms with Gasteiger partial charge in [-0.05, 0) is 13.8 Å². The second-order valence-electron chi connectivity index (χ2n) is 8.50. The lowest BCUT2D eigenvalue weighted by Crippen LogP contribution is -2.76. The van der Waals surface area contributed by atoms with Gasteiger partial charge >= 0.3 is 59.5 Å². The van der Waals surface area contributed by atoms with Crippen LogP contribution in [0, 0.1) is 0 Å². The van der Waals surface area contributed by atoms with Gasteiger partial charge in [0.05, 0.1) is 6.61 Å². The van der Waals surface area contributed by atoms with Crippen molar-refractivity contribution in [2.75, 3.05) is 6.61 Å². The average Bonchev–Trinajstić information content (AvgIpc) is 3.11. The molecule has 0 N–H and O–H groups in total. The van der Waals surface area contributed by atoms with E-state index in [9.17, 15) is 96.6 Å². The van der Waals surface area contributed by atoms with Gasteiger partial charge in [-0.2, -0.15) is 83.4 Å². The van der Waals surface area contributed by atoms with Gasteiger partial charge in [0.2, 0.25) is 6.17 Å². The van der Waals surface area contributed by atoms with Gasteiger partial charge in [0.25, 0.3) is 0 Å². The summed E-state index contributed by atoms with van der Waals surface area (Å²) in [5.41, 5.74) is 0. The highest BCUT2D eigenvalue weighted by Gasteiger charge is 2.97. The van der Waals surface area contributed by atoms with Crippen molar-refractivity contribution in [3.8, 4) is 0 Å². The molecule has 2 atom stereocenters. The van der Waals surface area contributed by atoms with Crippen LogP contribution < -0.4 is 0 Å². The monoisotopic (exact) mass is 652 g/mol. The quantitative estimate of drug-likeness (QED) is 0.225. The number of rotatable bonds is 10. The summed E-state index contributed by atoms with van der Waals surface area (Å²) in [5, 5.41) is 0. The van der Waals surface area contributed by atoms with E-state index in [0.717, 1.165) is 0 Å². The van der Waals surface area contributed by atoms with Gasteiger partial charge in [0, 0.05) is 0 Å². The topological polar surface area (TPSA) is 18.5 Å². The van der Waals surface area contributed by atoms with Crippen LogP contribution in [0.3, 0.4) is 0 Å². The summed E-state index contributed by atoms with van der Waals surface area (Å²) in [4.78, 5) is 0. The maximum atomic E-state index is 14.0. The average molecular weight is 652 g/mol. The standard InChI is InChI=1S/C16H10F22O2/c1-6(2)39-3-4(40-6)7(18,19)5(17)8(20,21)9(22,23)10(24,25)11(26,27)12(28,29)13(30,31)14(32,33)15(34,35)16(36,37)38/h4-5H,3H2,1-2H3. The number of halogens is 22. The zero-order valence-corrected chi connectivity index (χ0v) is 18.5. The van der Waals surface area contributed by atoms with Crippen molar-refractivity contribution < 1.29 is 106 Å². The summed E-state index contributed by atoms with van der Waals surface area (Å²) in [6, 6.07) is 0. The molecular weight excluding hydrogens is 642 g/mol. The van der Waals surface area contributed by atoms with Crippen molar-refractivity contribution in [3.63, 3.8) is 0 Å². The van der Waals surface area contributed by atoms with Gasteiger partial charge in [-0.1, -0.05) is 0 Å². The van der Waals surface area contributed by atoms with Gasteiger partial charge < -0.3 is 9.47 Å². The predicted molar refractivity (Wildman–Crippen MR) is 80.4 cm³/mol. The van der Waals surface area contributed by atoms with Crippen molar-refractivity contribution in [1.82, 2.24) is 0 Å². The third kappa shape index (κ3) is 4.61. The lowest BCUT2D eigenvalue weighted by Gasteiger charge is -2.44. The van der Waals surface area contributed by atoms with Gasteiger partial charge in [0.15, 0.2) is 11.9 Å². The third-order valence-electron chi connectivity index (χ3n) is 5.23. The molecule has 1 aliphatic heterocycles. The summed E-state index contributed by atoms with van der Waals surface area (Å²) in [5.74, 6) is -79.3. The van der Waals surface area contributed by atoms with Crippen LogP contribution in [-0.2, 0) is 9.47 Å². The Morgan fingerprint density at radius 1 is 0.525 bits per heavy atom. The molecule has 1 heterocycles. The summed E-state index contributed by atoms with van der Waals surface area (Å²) in [7, 11) is 0. The van der Waals surface area contributed by atoms with Crippen LogP contribution in [0.4, 0.5) is 96.6 Å². The van der Waals surface area contributed by atoms with Crippen molar-refractivity contribution in [3.05, 3.63) is 0 Å². The smallest absolute Gasteiger partial charge is 0.348 e. The molecule has 2 unspecified atom stereocenters. The minimum atomic E-state index is -9.25. The van der Waals surface area contributed by atoms with Crippen LogP contribution >= 0.6 is 0 Å². The first-order chi connectivity index (χ1) is 17.0. The van der Waals surface area contributed by atoms with Gasteiger partial charge in [-0.3, -0.25) is 0 Å². The van der Waals surface area contributed by atoms with Gasteiger partial charge in [-0.15, -0.1) is 0 Å². The molecule has 1 fully saturated rings. The Bertz CT molecular complexity index is 934. The second-order valence-corrected chi connectivity index (χ2v) is 8.50. The Balaban J connectivity index is 3.69. The molecule has 0 amide bonds. The highest BCUT2D eigenvalue weighted by molar-refractivity contribution is 5.18. The first-order valence-corrected chi connectivity index (χ1v) is 9.39. The first kappa shape index (κ1) is 36.4. The van der Waals surface area contributed by atoms with E-state index in [0.29, 0.717) is 13.8 Å². The maximum absolute atomic E-state index is 14.0. The van der Waals surface area contributed by atoms with E-state index in [1.165, 1.54) is 0 Å². The predicted octanol–water partition coefficient (Wildman–Crippen LogP) is 7.76. The summed E-state index contributed by atoms with van der Waals surface area (Å²) < 4.78 is 302. The highest BCUT2D eigenvalue weighted by atomic mass is 19.4. The SMILES string of the molecule is CC1(C)OCC(C(F)(F)C(F)C(F)(F)C(F)(F)C(F)(F)C(F)(F)C(F)(F)C(F)(F)C(F)(F)C(F)(F)C(F)(F)F)O1. The van der Waals surface area contributed by atoms with E-state index in [1.807, 2.05) is 0 Å². The minimum absolute atomic E-state index is 0.693. The lowest BCUT2D eigenvalue weighted by molar-refractivity contribution is -0.471. The molecule has 0 aromatic rings. The van der Waals surface area contributed by atoms with Crippen molar-refractivity contribution in [1.29, 1.82) is 0 Å². The molecule has 0 bridgehead atoms. The molecule has 0 radical (unpaired) electrons. The molecule has 0 aromatic carbocycles. The normalized spacial score (nSPS) is 22.1. The number of ether oxygens (including phenoxy) is 2. The molecule has 24 heteroatoms. The number of hydrogen-bond donors (Lipinski definition) is 0. The molecule has 240 valence electrons. The fraction of sp³-hybridized carbons (Fsp3) is 1.00. The number of alkyl halides is 22. The van der Waals surface area contributed by atoms with Crippen LogP contribution in [0.15, 0.2) is 0 Å². The van der Waals surface area contributed by atoms with Crippen LogP contribution in [0.1, 0.15) is 13.8 Å². The zero-order chi connectivity index (χ0) is 32.8. The number of hydrogen-bond acceptors (Lipinski definition) is 2. The van der Waals surface area contributed by atoms with Crippen molar-refractivity contribution >= 4 is 0 Å². The van der Waals surface area contributed by atoms with Crippen LogP contribution in [-0.4, -0.2) is 84.1 Å². The largest absolute Gasteiger partial charge is 0.460 e. The highest BCUT2D eigenvalue weighted by Crippen LogP contribution is 2.66. The fourth-order valence-corrected chi connectivity index (χ4v) is 2.81. The Labute approximate surface area is 205 Å². The summed E-state index contributed by atoms with van der Waals surface area (Å²) >= 11 is 0. The molecule has 40 heavy (non-hydrogen) atoms. The van der Waals surface area contributed by atoms with E-state index in [4.69, 9.17) is 0 Å². The van der Waals surface area contributed by atoms with Crippen molar-refractivity contribution in [2.45, 2.75) is 91.4 Å². The molecule has 1 saturated heterocycles. The molecule has 0 spiro atoms. The van der Waals surface area contributed by atoms with E-state index in [-0.39, 0.29) is 0 Å². The Kier molecular flexibility index (Phi) is 8.36. The van der Waals surface area contributed by atoms with Gasteiger partial charge in [-0.25, -0.2) is 13.2 Å². The molecule has 0 saturated carbocycles. The molecule has 1 rings (SSSR count). The summed E-state index contributed by atoms with van der Waals surface area (Å²) in [6.07, 6.45) is -17.6. The molecular formula is C16H10F22O2. The third-order valence-corrected chi connectivity index (χ3v) is 5.23. The second kappa shape index (κ2) is 9.19. The zero-order valence-electron chi connectivity index (χ0n) is 18.5. The summed E-state index contributed by atoms with van der Waals surface area (Å²) in [6.45, 7) is -0.322. The molecule has 0 aliphatic carbocycles. The van der Waals surface area contributed by atoms with E-state index in [2.05, 4.69) is 9.47 Å². The van der Waals surface area contributed by atoms with E-state index < -0.39 is 84.1 Å². The first-order valence-electron chi connectivity index (χ1n) is 9.39. The Morgan fingerprint density at radius 2 is 0.825 bits per heavy atom. The van der Waals surface area contributed by atoms with Crippen LogP contribution in [0.5, 0.6) is 0 Å².